The maximum atomic E-state index is 5.45. The first kappa shape index (κ1) is 11.5. The fourth-order valence-corrected chi connectivity index (χ4v) is 4.60. The quantitative estimate of drug-likeness (QED) is 0.724. The van der Waals surface area contributed by atoms with Gasteiger partial charge in [0.15, 0.2) is 0 Å². The van der Waals surface area contributed by atoms with Crippen LogP contribution in [-0.2, 0) is 4.74 Å². The first-order chi connectivity index (χ1) is 7.83. The first-order valence-corrected chi connectivity index (χ1v) is 7.72. The third kappa shape index (κ3) is 2.32. The summed E-state index contributed by atoms with van der Waals surface area (Å²) in [7, 11) is 0. The SMILES string of the molecule is BrC1CC2CCC(C1)N2CC1CCOCC1. The molecule has 3 heterocycles. The first-order valence-electron chi connectivity index (χ1n) is 6.80. The average molecular weight is 288 g/mol. The summed E-state index contributed by atoms with van der Waals surface area (Å²) < 4.78 is 5.45. The third-order valence-corrected chi connectivity index (χ3v) is 5.38. The Balaban J connectivity index is 1.58. The van der Waals surface area contributed by atoms with Crippen LogP contribution in [0.25, 0.3) is 0 Å². The molecule has 0 aromatic rings. The maximum Gasteiger partial charge on any atom is 0.0469 e. The molecule has 0 aromatic carbocycles. The minimum Gasteiger partial charge on any atom is -0.381 e. The Morgan fingerprint density at radius 1 is 1.00 bits per heavy atom. The average Bonchev–Trinajstić information content (AvgIpc) is 2.54. The van der Waals surface area contributed by atoms with Gasteiger partial charge in [-0.1, -0.05) is 15.9 Å². The summed E-state index contributed by atoms with van der Waals surface area (Å²) in [5.74, 6) is 0.906. The topological polar surface area (TPSA) is 12.5 Å². The van der Waals surface area contributed by atoms with Crippen molar-refractivity contribution in [3.8, 4) is 0 Å². The van der Waals surface area contributed by atoms with E-state index in [1.165, 1.54) is 45.1 Å². The Bertz CT molecular complexity index is 228. The molecule has 3 aliphatic heterocycles. The molecular weight excluding hydrogens is 266 g/mol. The van der Waals surface area contributed by atoms with Crippen molar-refractivity contribution in [2.45, 2.75) is 55.4 Å². The second-order valence-electron chi connectivity index (χ2n) is 5.71. The zero-order valence-electron chi connectivity index (χ0n) is 9.91. The molecule has 16 heavy (non-hydrogen) atoms. The molecule has 3 fully saturated rings. The number of fused-ring (bicyclic) bond motifs is 2. The van der Waals surface area contributed by atoms with Gasteiger partial charge in [-0.15, -0.1) is 0 Å². The summed E-state index contributed by atoms with van der Waals surface area (Å²) in [6.45, 7) is 3.34. The molecule has 2 unspecified atom stereocenters. The molecule has 0 saturated carbocycles. The van der Waals surface area contributed by atoms with E-state index >= 15 is 0 Å². The minimum absolute atomic E-state index is 0.788. The van der Waals surface area contributed by atoms with Gasteiger partial charge in [-0.25, -0.2) is 0 Å². The van der Waals surface area contributed by atoms with Gasteiger partial charge in [0.25, 0.3) is 0 Å². The van der Waals surface area contributed by atoms with E-state index in [9.17, 15) is 0 Å². The van der Waals surface area contributed by atoms with E-state index < -0.39 is 0 Å². The van der Waals surface area contributed by atoms with Gasteiger partial charge in [0.1, 0.15) is 0 Å². The minimum atomic E-state index is 0.788. The fourth-order valence-electron chi connectivity index (χ4n) is 3.73. The molecule has 92 valence electrons. The molecule has 0 aromatic heterocycles. The lowest BCUT2D eigenvalue weighted by Gasteiger charge is -2.39. The number of nitrogens with zero attached hydrogens (tertiary/aromatic N) is 1. The number of ether oxygens (including phenoxy) is 1. The molecular formula is C13H22BrNO. The second-order valence-corrected chi connectivity index (χ2v) is 7.00. The molecule has 2 nitrogen and oxygen atoms in total. The van der Waals surface area contributed by atoms with Crippen molar-refractivity contribution in [3.05, 3.63) is 0 Å². The highest BCUT2D eigenvalue weighted by Crippen LogP contribution is 2.39. The largest absolute Gasteiger partial charge is 0.381 e. The predicted octanol–water partition coefficient (Wildman–Crippen LogP) is 2.80. The van der Waals surface area contributed by atoms with Crippen molar-refractivity contribution in [1.82, 2.24) is 4.90 Å². The van der Waals surface area contributed by atoms with Gasteiger partial charge < -0.3 is 4.74 Å². The Labute approximate surface area is 107 Å². The lowest BCUT2D eigenvalue weighted by molar-refractivity contribution is 0.0371. The van der Waals surface area contributed by atoms with Crippen LogP contribution in [0.1, 0.15) is 38.5 Å². The normalized spacial score (nSPS) is 41.4. The number of piperidine rings is 1. The van der Waals surface area contributed by atoms with E-state index in [1.54, 1.807) is 0 Å². The molecule has 2 bridgehead atoms. The van der Waals surface area contributed by atoms with Crippen LogP contribution in [0, 0.1) is 5.92 Å². The summed E-state index contributed by atoms with van der Waals surface area (Å²) in [4.78, 5) is 3.62. The van der Waals surface area contributed by atoms with E-state index in [0.29, 0.717) is 0 Å². The van der Waals surface area contributed by atoms with Crippen LogP contribution >= 0.6 is 15.9 Å². The maximum absolute atomic E-state index is 5.45. The molecule has 3 aliphatic rings. The van der Waals surface area contributed by atoms with E-state index in [-0.39, 0.29) is 0 Å². The molecule has 3 rings (SSSR count). The Kier molecular flexibility index (Phi) is 3.55. The predicted molar refractivity (Wildman–Crippen MR) is 69.0 cm³/mol. The molecule has 0 amide bonds. The molecule has 0 spiro atoms. The van der Waals surface area contributed by atoms with E-state index in [1.807, 2.05) is 0 Å². The highest BCUT2D eigenvalue weighted by molar-refractivity contribution is 9.09. The Morgan fingerprint density at radius 3 is 2.25 bits per heavy atom. The van der Waals surface area contributed by atoms with Crippen LogP contribution in [0.15, 0.2) is 0 Å². The van der Waals surface area contributed by atoms with Gasteiger partial charge in [0.05, 0.1) is 0 Å². The smallest absolute Gasteiger partial charge is 0.0469 e. The zero-order valence-corrected chi connectivity index (χ0v) is 11.5. The van der Waals surface area contributed by atoms with Gasteiger partial charge in [-0.05, 0) is 44.4 Å². The fraction of sp³-hybridized carbons (Fsp3) is 1.00. The lowest BCUT2D eigenvalue weighted by Crippen LogP contribution is -2.46. The van der Waals surface area contributed by atoms with Gasteiger partial charge in [0.2, 0.25) is 0 Å². The number of alkyl halides is 1. The second kappa shape index (κ2) is 4.95. The monoisotopic (exact) mass is 287 g/mol. The van der Waals surface area contributed by atoms with Crippen molar-refractivity contribution in [2.75, 3.05) is 19.8 Å². The highest BCUT2D eigenvalue weighted by atomic mass is 79.9. The Morgan fingerprint density at radius 2 is 1.62 bits per heavy atom. The van der Waals surface area contributed by atoms with Gasteiger partial charge >= 0.3 is 0 Å². The van der Waals surface area contributed by atoms with Crippen molar-refractivity contribution >= 4 is 15.9 Å². The van der Waals surface area contributed by atoms with Crippen LogP contribution in [0.2, 0.25) is 0 Å². The van der Waals surface area contributed by atoms with Crippen LogP contribution in [0.3, 0.4) is 0 Å². The van der Waals surface area contributed by atoms with Crippen molar-refractivity contribution in [2.24, 2.45) is 5.92 Å². The number of rotatable bonds is 2. The zero-order chi connectivity index (χ0) is 11.0. The van der Waals surface area contributed by atoms with Crippen molar-refractivity contribution in [1.29, 1.82) is 0 Å². The van der Waals surface area contributed by atoms with Gasteiger partial charge in [-0.3, -0.25) is 4.90 Å². The molecule has 3 heteroatoms. The van der Waals surface area contributed by atoms with Crippen molar-refractivity contribution < 1.29 is 4.74 Å². The molecule has 0 N–H and O–H groups in total. The van der Waals surface area contributed by atoms with Gasteiger partial charge in [-0.2, -0.15) is 0 Å². The third-order valence-electron chi connectivity index (χ3n) is 4.64. The number of hydrogen-bond acceptors (Lipinski definition) is 2. The summed E-state index contributed by atoms with van der Waals surface area (Å²) in [5.41, 5.74) is 0. The van der Waals surface area contributed by atoms with Crippen molar-refractivity contribution in [3.63, 3.8) is 0 Å². The Hall–Kier alpha value is 0.400. The number of halogens is 1. The van der Waals surface area contributed by atoms with Crippen LogP contribution in [0.5, 0.6) is 0 Å². The molecule has 0 radical (unpaired) electrons. The summed E-state index contributed by atoms with van der Waals surface area (Å²) >= 11 is 3.82. The summed E-state index contributed by atoms with van der Waals surface area (Å²) in [5, 5.41) is 0. The summed E-state index contributed by atoms with van der Waals surface area (Å²) in [6, 6.07) is 1.76. The van der Waals surface area contributed by atoms with Gasteiger partial charge in [0, 0.05) is 36.7 Å². The van der Waals surface area contributed by atoms with E-state index in [0.717, 1.165) is 36.0 Å². The van der Waals surface area contributed by atoms with Crippen LogP contribution in [0.4, 0.5) is 0 Å². The highest BCUT2D eigenvalue weighted by Gasteiger charge is 2.40. The molecule has 3 saturated heterocycles. The molecule has 2 atom stereocenters. The van der Waals surface area contributed by atoms with Crippen LogP contribution in [-0.4, -0.2) is 41.6 Å². The van der Waals surface area contributed by atoms with Crippen LogP contribution < -0.4 is 0 Å². The van der Waals surface area contributed by atoms with E-state index in [4.69, 9.17) is 4.74 Å². The van der Waals surface area contributed by atoms with E-state index in [2.05, 4.69) is 20.8 Å². The molecule has 0 aliphatic carbocycles. The lowest BCUT2D eigenvalue weighted by atomic mass is 9.95. The standard InChI is InChI=1S/C13H22BrNO/c14-11-7-12-1-2-13(8-11)15(12)9-10-3-5-16-6-4-10/h10-13H,1-9H2. The summed E-state index contributed by atoms with van der Waals surface area (Å²) in [6.07, 6.45) is 8.20. The number of hydrogen-bond donors (Lipinski definition) is 0.